The molecule has 0 radical (unpaired) electrons. The summed E-state index contributed by atoms with van der Waals surface area (Å²) < 4.78 is 24.7. The zero-order valence-corrected chi connectivity index (χ0v) is 16.7. The molecule has 2 heterocycles. The summed E-state index contributed by atoms with van der Waals surface area (Å²) >= 11 is 6.01. The molecule has 0 fully saturated rings. The minimum Gasteiger partial charge on any atom is -0.480 e. The third-order valence-electron chi connectivity index (χ3n) is 5.81. The van der Waals surface area contributed by atoms with Crippen LogP contribution in [0.5, 0.6) is 0 Å². The lowest BCUT2D eigenvalue weighted by Crippen LogP contribution is -2.51. The molecule has 146 valence electrons. The van der Waals surface area contributed by atoms with E-state index in [0.717, 1.165) is 22.3 Å². The standard InChI is InChI=1S/C20H19ClN2O4S/c1-20(19(24)25,28(26,27)13-5-3-2-4-6-13)12-7-8-14-16(11-12)22-15-9-10-17(21)23-18(14)15/h2-6,9-10,12,22H,7-8,11H2,1H3,(H,24,25). The predicted molar refractivity (Wildman–Crippen MR) is 106 cm³/mol. The van der Waals surface area contributed by atoms with Crippen molar-refractivity contribution < 1.29 is 18.3 Å². The van der Waals surface area contributed by atoms with Gasteiger partial charge in [0.15, 0.2) is 14.6 Å². The van der Waals surface area contributed by atoms with Gasteiger partial charge in [-0.2, -0.15) is 0 Å². The van der Waals surface area contributed by atoms with Crippen LogP contribution in [0.4, 0.5) is 0 Å². The van der Waals surface area contributed by atoms with E-state index in [4.69, 9.17) is 11.6 Å². The van der Waals surface area contributed by atoms with Gasteiger partial charge in [-0.15, -0.1) is 0 Å². The number of aromatic amines is 1. The molecule has 0 saturated heterocycles. The minimum atomic E-state index is -4.09. The van der Waals surface area contributed by atoms with Gasteiger partial charge in [-0.25, -0.2) is 13.4 Å². The lowest BCUT2D eigenvalue weighted by atomic mass is 9.79. The second kappa shape index (κ2) is 6.60. The van der Waals surface area contributed by atoms with Crippen molar-refractivity contribution in [2.45, 2.75) is 35.8 Å². The number of carboxylic acids is 1. The highest BCUT2D eigenvalue weighted by Gasteiger charge is 2.54. The number of carboxylic acid groups (broad SMARTS) is 1. The van der Waals surface area contributed by atoms with Gasteiger partial charge in [0.25, 0.3) is 0 Å². The van der Waals surface area contributed by atoms with Crippen LogP contribution in [0.2, 0.25) is 5.15 Å². The molecule has 6 nitrogen and oxygen atoms in total. The monoisotopic (exact) mass is 418 g/mol. The normalized spacial score (nSPS) is 19.1. The third kappa shape index (κ3) is 2.72. The molecule has 0 spiro atoms. The Labute approximate surface area is 167 Å². The Bertz CT molecular complexity index is 1170. The fourth-order valence-corrected chi connectivity index (χ4v) is 6.10. The SMILES string of the molecule is CC(C(=O)O)(C1CCc2c([nH]c3ccc(Cl)nc23)C1)S(=O)(=O)c1ccccc1. The summed E-state index contributed by atoms with van der Waals surface area (Å²) in [4.78, 5) is 19.9. The Hall–Kier alpha value is -2.38. The fraction of sp³-hybridized carbons (Fsp3) is 0.300. The average Bonchev–Trinajstić information content (AvgIpc) is 3.04. The highest BCUT2D eigenvalue weighted by Crippen LogP contribution is 2.41. The van der Waals surface area contributed by atoms with E-state index in [-0.39, 0.29) is 4.90 Å². The van der Waals surface area contributed by atoms with Crippen molar-refractivity contribution in [1.29, 1.82) is 0 Å². The molecule has 0 aliphatic heterocycles. The van der Waals surface area contributed by atoms with Gasteiger partial charge >= 0.3 is 5.97 Å². The summed E-state index contributed by atoms with van der Waals surface area (Å²) in [6, 6.07) is 11.3. The van der Waals surface area contributed by atoms with E-state index >= 15 is 0 Å². The predicted octanol–water partition coefficient (Wildman–Crippen LogP) is 3.64. The van der Waals surface area contributed by atoms with Gasteiger partial charge in [0, 0.05) is 5.69 Å². The number of fused-ring (bicyclic) bond motifs is 3. The Morgan fingerprint density at radius 2 is 1.96 bits per heavy atom. The highest BCUT2D eigenvalue weighted by atomic mass is 35.5. The molecule has 4 rings (SSSR count). The molecule has 2 atom stereocenters. The van der Waals surface area contributed by atoms with E-state index in [2.05, 4.69) is 9.97 Å². The number of hydrogen-bond acceptors (Lipinski definition) is 4. The Morgan fingerprint density at radius 3 is 2.64 bits per heavy atom. The van der Waals surface area contributed by atoms with E-state index in [1.54, 1.807) is 24.3 Å². The average molecular weight is 419 g/mol. The number of sulfone groups is 1. The van der Waals surface area contributed by atoms with Crippen molar-refractivity contribution in [1.82, 2.24) is 9.97 Å². The van der Waals surface area contributed by atoms with E-state index in [0.29, 0.717) is 24.4 Å². The molecular formula is C20H19ClN2O4S. The first-order valence-electron chi connectivity index (χ1n) is 8.94. The maximum atomic E-state index is 13.3. The van der Waals surface area contributed by atoms with E-state index in [1.165, 1.54) is 19.1 Å². The number of benzene rings is 1. The van der Waals surface area contributed by atoms with Crippen LogP contribution in [0.1, 0.15) is 24.6 Å². The largest absolute Gasteiger partial charge is 0.480 e. The van der Waals surface area contributed by atoms with Crippen molar-refractivity contribution in [2.75, 3.05) is 0 Å². The van der Waals surface area contributed by atoms with Gasteiger partial charge in [-0.3, -0.25) is 4.79 Å². The third-order valence-corrected chi connectivity index (χ3v) is 8.53. The summed E-state index contributed by atoms with van der Waals surface area (Å²) in [6.45, 7) is 1.32. The number of aromatic nitrogens is 2. The maximum Gasteiger partial charge on any atom is 0.325 e. The smallest absolute Gasteiger partial charge is 0.325 e. The molecule has 0 bridgehead atoms. The first-order valence-corrected chi connectivity index (χ1v) is 10.8. The molecule has 1 aliphatic carbocycles. The van der Waals surface area contributed by atoms with Crippen LogP contribution < -0.4 is 0 Å². The fourth-order valence-electron chi connectivity index (χ4n) is 4.08. The number of nitrogens with one attached hydrogen (secondary N) is 1. The van der Waals surface area contributed by atoms with Gasteiger partial charge in [-0.1, -0.05) is 29.8 Å². The lowest BCUT2D eigenvalue weighted by Gasteiger charge is -2.35. The Balaban J connectivity index is 1.78. The van der Waals surface area contributed by atoms with Crippen LogP contribution >= 0.6 is 11.6 Å². The first-order chi connectivity index (χ1) is 13.2. The molecule has 8 heteroatoms. The summed E-state index contributed by atoms with van der Waals surface area (Å²) in [5.41, 5.74) is 3.40. The molecule has 1 aliphatic rings. The van der Waals surface area contributed by atoms with Crippen LogP contribution in [0.3, 0.4) is 0 Å². The zero-order valence-electron chi connectivity index (χ0n) is 15.1. The number of rotatable bonds is 4. The summed E-state index contributed by atoms with van der Waals surface area (Å²) in [7, 11) is -4.09. The highest BCUT2D eigenvalue weighted by molar-refractivity contribution is 7.93. The number of carbonyl (C=O) groups is 1. The van der Waals surface area contributed by atoms with Crippen molar-refractivity contribution in [3.8, 4) is 0 Å². The lowest BCUT2D eigenvalue weighted by molar-refractivity contribution is -0.141. The Morgan fingerprint density at radius 1 is 1.25 bits per heavy atom. The van der Waals surface area contributed by atoms with E-state index < -0.39 is 26.5 Å². The molecule has 0 saturated carbocycles. The zero-order chi connectivity index (χ0) is 20.1. The van der Waals surface area contributed by atoms with Crippen molar-refractivity contribution >= 4 is 38.4 Å². The first kappa shape index (κ1) is 19.0. The molecule has 2 unspecified atom stereocenters. The van der Waals surface area contributed by atoms with E-state index in [1.807, 2.05) is 6.07 Å². The molecule has 2 aromatic heterocycles. The van der Waals surface area contributed by atoms with Crippen molar-refractivity contribution in [3.05, 3.63) is 58.9 Å². The van der Waals surface area contributed by atoms with Gasteiger partial charge in [-0.05, 0) is 61.9 Å². The topological polar surface area (TPSA) is 100 Å². The number of pyridine rings is 1. The number of aliphatic carboxylic acids is 1. The number of H-pyrrole nitrogens is 1. The summed E-state index contributed by atoms with van der Waals surface area (Å²) in [5.74, 6) is -1.91. The number of aryl methyl sites for hydroxylation is 1. The summed E-state index contributed by atoms with van der Waals surface area (Å²) in [5, 5.41) is 10.4. The molecule has 28 heavy (non-hydrogen) atoms. The van der Waals surface area contributed by atoms with Crippen LogP contribution in [0.15, 0.2) is 47.4 Å². The maximum absolute atomic E-state index is 13.3. The van der Waals surface area contributed by atoms with Crippen LogP contribution in [0, 0.1) is 5.92 Å². The van der Waals surface area contributed by atoms with Gasteiger partial charge in [0.1, 0.15) is 5.15 Å². The second-order valence-electron chi connectivity index (χ2n) is 7.28. The quantitative estimate of drug-likeness (QED) is 0.630. The number of hydrogen-bond donors (Lipinski definition) is 2. The number of halogens is 1. The van der Waals surface area contributed by atoms with Crippen molar-refractivity contribution in [2.24, 2.45) is 5.92 Å². The Kier molecular flexibility index (Phi) is 4.47. The van der Waals surface area contributed by atoms with Crippen LogP contribution in [-0.2, 0) is 27.5 Å². The minimum absolute atomic E-state index is 0.0239. The van der Waals surface area contributed by atoms with Gasteiger partial charge in [0.05, 0.1) is 15.9 Å². The van der Waals surface area contributed by atoms with Crippen molar-refractivity contribution in [3.63, 3.8) is 0 Å². The van der Waals surface area contributed by atoms with Crippen LogP contribution in [-0.4, -0.2) is 34.2 Å². The molecule has 2 N–H and O–H groups in total. The second-order valence-corrected chi connectivity index (χ2v) is 9.99. The number of nitrogens with zero attached hydrogens (tertiary/aromatic N) is 1. The summed E-state index contributed by atoms with van der Waals surface area (Å²) in [6.07, 6.45) is 1.29. The molecular weight excluding hydrogens is 400 g/mol. The van der Waals surface area contributed by atoms with Crippen LogP contribution in [0.25, 0.3) is 11.0 Å². The van der Waals surface area contributed by atoms with Gasteiger partial charge < -0.3 is 10.1 Å². The van der Waals surface area contributed by atoms with Gasteiger partial charge in [0.2, 0.25) is 0 Å². The molecule has 0 amide bonds. The van der Waals surface area contributed by atoms with E-state index in [9.17, 15) is 18.3 Å². The molecule has 1 aromatic carbocycles. The molecule has 3 aromatic rings.